The quantitative estimate of drug-likeness (QED) is 0.591. The molecule has 0 saturated carbocycles. The van der Waals surface area contributed by atoms with Crippen LogP contribution in [0.3, 0.4) is 0 Å². The van der Waals surface area contributed by atoms with Crippen LogP contribution in [0.1, 0.15) is 22.6 Å². The van der Waals surface area contributed by atoms with Crippen LogP contribution in [0, 0.1) is 0 Å². The van der Waals surface area contributed by atoms with Gasteiger partial charge in [0.25, 0.3) is 0 Å². The Balaban J connectivity index is 1.88. The Bertz CT molecular complexity index is 921. The van der Waals surface area contributed by atoms with E-state index in [0.717, 1.165) is 16.7 Å². The molecule has 148 valence electrons. The fourth-order valence-electron chi connectivity index (χ4n) is 3.28. The highest BCUT2D eigenvalue weighted by Crippen LogP contribution is 2.25. The van der Waals surface area contributed by atoms with Crippen molar-refractivity contribution in [1.82, 2.24) is 5.32 Å². The molecule has 1 amide bonds. The Hall–Kier alpha value is -3.11. The average Bonchev–Trinajstić information content (AvgIpc) is 2.74. The van der Waals surface area contributed by atoms with Crippen molar-refractivity contribution in [3.63, 3.8) is 0 Å². The molecule has 1 N–H and O–H groups in total. The molecule has 3 rings (SSSR count). The molecule has 0 aromatic heterocycles. The molecule has 0 aliphatic heterocycles. The SMILES string of the molecule is COC(=O)[C@@H](Cc1cccc(Cl)c1)NC(=O)C(c1ccccc1)c1ccccc1. The summed E-state index contributed by atoms with van der Waals surface area (Å²) < 4.78 is 4.92. The number of hydrogen-bond donors (Lipinski definition) is 1. The van der Waals surface area contributed by atoms with Crippen molar-refractivity contribution >= 4 is 23.5 Å². The van der Waals surface area contributed by atoms with Gasteiger partial charge in [0.2, 0.25) is 5.91 Å². The van der Waals surface area contributed by atoms with Crippen molar-refractivity contribution in [2.24, 2.45) is 0 Å². The van der Waals surface area contributed by atoms with Gasteiger partial charge in [-0.1, -0.05) is 84.4 Å². The number of ether oxygens (including phenoxy) is 1. The first-order valence-electron chi connectivity index (χ1n) is 9.31. The predicted molar refractivity (Wildman–Crippen MR) is 114 cm³/mol. The zero-order valence-electron chi connectivity index (χ0n) is 16.0. The van der Waals surface area contributed by atoms with Gasteiger partial charge in [-0.05, 0) is 28.8 Å². The minimum atomic E-state index is -0.819. The topological polar surface area (TPSA) is 55.4 Å². The van der Waals surface area contributed by atoms with Crippen LogP contribution in [0.4, 0.5) is 0 Å². The maximum absolute atomic E-state index is 13.3. The van der Waals surface area contributed by atoms with Crippen molar-refractivity contribution in [2.75, 3.05) is 7.11 Å². The van der Waals surface area contributed by atoms with Gasteiger partial charge in [-0.2, -0.15) is 0 Å². The molecule has 5 heteroatoms. The summed E-state index contributed by atoms with van der Waals surface area (Å²) >= 11 is 6.05. The van der Waals surface area contributed by atoms with Gasteiger partial charge in [0.1, 0.15) is 6.04 Å². The fraction of sp³-hybridized carbons (Fsp3) is 0.167. The lowest BCUT2D eigenvalue weighted by Gasteiger charge is -2.22. The van der Waals surface area contributed by atoms with E-state index in [0.29, 0.717) is 5.02 Å². The maximum Gasteiger partial charge on any atom is 0.328 e. The molecule has 4 nitrogen and oxygen atoms in total. The highest BCUT2D eigenvalue weighted by atomic mass is 35.5. The molecule has 0 heterocycles. The molecule has 3 aromatic rings. The van der Waals surface area contributed by atoms with Gasteiger partial charge in [-0.15, -0.1) is 0 Å². The monoisotopic (exact) mass is 407 g/mol. The van der Waals surface area contributed by atoms with E-state index in [4.69, 9.17) is 16.3 Å². The highest BCUT2D eigenvalue weighted by molar-refractivity contribution is 6.30. The molecule has 29 heavy (non-hydrogen) atoms. The molecular formula is C24H22ClNO3. The Morgan fingerprint density at radius 1 is 0.897 bits per heavy atom. The molecular weight excluding hydrogens is 386 g/mol. The number of halogens is 1. The Labute approximate surface area is 175 Å². The summed E-state index contributed by atoms with van der Waals surface area (Å²) in [6.07, 6.45) is 0.287. The van der Waals surface area contributed by atoms with Gasteiger partial charge in [0.05, 0.1) is 13.0 Å². The standard InChI is InChI=1S/C24H22ClNO3/c1-29-24(28)21(16-17-9-8-14-20(25)15-17)26-23(27)22(18-10-4-2-5-11-18)19-12-6-3-7-13-19/h2-15,21-22H,16H2,1H3,(H,26,27)/t21-/m1/s1. The second-order valence-electron chi connectivity index (χ2n) is 6.67. The van der Waals surface area contributed by atoms with Crippen molar-refractivity contribution < 1.29 is 14.3 Å². The van der Waals surface area contributed by atoms with Crippen LogP contribution in [0.15, 0.2) is 84.9 Å². The largest absolute Gasteiger partial charge is 0.467 e. The van der Waals surface area contributed by atoms with Gasteiger partial charge in [0.15, 0.2) is 0 Å². The first kappa shape index (κ1) is 20.6. The third-order valence-electron chi connectivity index (χ3n) is 4.66. The van der Waals surface area contributed by atoms with Gasteiger partial charge in [-0.25, -0.2) is 4.79 Å². The third kappa shape index (κ3) is 5.46. The maximum atomic E-state index is 13.3. The molecule has 0 radical (unpaired) electrons. The zero-order valence-corrected chi connectivity index (χ0v) is 16.8. The lowest BCUT2D eigenvalue weighted by Crippen LogP contribution is -2.45. The van der Waals surface area contributed by atoms with Crippen LogP contribution in [-0.4, -0.2) is 25.0 Å². The highest BCUT2D eigenvalue weighted by Gasteiger charge is 2.28. The molecule has 1 atom stereocenters. The molecule has 0 spiro atoms. The van der Waals surface area contributed by atoms with E-state index in [1.807, 2.05) is 72.8 Å². The minimum absolute atomic E-state index is 0.264. The summed E-state index contributed by atoms with van der Waals surface area (Å²) in [6, 6.07) is 25.4. The molecule has 3 aromatic carbocycles. The zero-order chi connectivity index (χ0) is 20.6. The summed E-state index contributed by atoms with van der Waals surface area (Å²) in [5, 5.41) is 3.45. The van der Waals surface area contributed by atoms with Crippen molar-refractivity contribution in [2.45, 2.75) is 18.4 Å². The van der Waals surface area contributed by atoms with Gasteiger partial charge in [0, 0.05) is 11.4 Å². The Morgan fingerprint density at radius 3 is 2.00 bits per heavy atom. The number of hydrogen-bond acceptors (Lipinski definition) is 3. The summed E-state index contributed by atoms with van der Waals surface area (Å²) in [5.74, 6) is -1.30. The number of methoxy groups -OCH3 is 1. The predicted octanol–water partition coefficient (Wildman–Crippen LogP) is 4.37. The van der Waals surface area contributed by atoms with Crippen LogP contribution in [0.5, 0.6) is 0 Å². The molecule has 0 aliphatic rings. The first-order chi connectivity index (χ1) is 14.1. The van der Waals surface area contributed by atoms with Gasteiger partial charge >= 0.3 is 5.97 Å². The van der Waals surface area contributed by atoms with Gasteiger partial charge in [-0.3, -0.25) is 4.79 Å². The summed E-state index contributed by atoms with van der Waals surface area (Å²) in [6.45, 7) is 0. The van der Waals surface area contributed by atoms with Crippen molar-refractivity contribution in [3.05, 3.63) is 107 Å². The molecule has 0 fully saturated rings. The normalized spacial score (nSPS) is 11.7. The van der Waals surface area contributed by atoms with Crippen LogP contribution in [-0.2, 0) is 20.7 Å². The second-order valence-corrected chi connectivity index (χ2v) is 7.11. The molecule has 0 unspecified atom stereocenters. The number of carbonyl (C=O) groups is 2. The lowest BCUT2D eigenvalue weighted by atomic mass is 9.90. The minimum Gasteiger partial charge on any atom is -0.467 e. The Kier molecular flexibility index (Phi) is 7.04. The summed E-state index contributed by atoms with van der Waals surface area (Å²) in [5.41, 5.74) is 2.54. The lowest BCUT2D eigenvalue weighted by molar-refractivity contribution is -0.145. The molecule has 0 aliphatic carbocycles. The van der Waals surface area contributed by atoms with Crippen molar-refractivity contribution in [3.8, 4) is 0 Å². The number of amides is 1. The van der Waals surface area contributed by atoms with E-state index >= 15 is 0 Å². The Morgan fingerprint density at radius 2 is 1.48 bits per heavy atom. The van der Waals surface area contributed by atoms with Gasteiger partial charge < -0.3 is 10.1 Å². The van der Waals surface area contributed by atoms with E-state index in [-0.39, 0.29) is 12.3 Å². The van der Waals surface area contributed by atoms with E-state index in [1.165, 1.54) is 7.11 Å². The van der Waals surface area contributed by atoms with Crippen LogP contribution in [0.2, 0.25) is 5.02 Å². The smallest absolute Gasteiger partial charge is 0.328 e. The number of benzene rings is 3. The fourth-order valence-corrected chi connectivity index (χ4v) is 3.49. The number of esters is 1. The van der Waals surface area contributed by atoms with E-state index in [1.54, 1.807) is 12.1 Å². The van der Waals surface area contributed by atoms with E-state index in [9.17, 15) is 9.59 Å². The number of carbonyl (C=O) groups excluding carboxylic acids is 2. The molecule has 0 saturated heterocycles. The second kappa shape index (κ2) is 9.89. The number of nitrogens with one attached hydrogen (secondary N) is 1. The summed E-state index contributed by atoms with van der Waals surface area (Å²) in [7, 11) is 1.31. The van der Waals surface area contributed by atoms with Crippen LogP contribution >= 0.6 is 11.6 Å². The third-order valence-corrected chi connectivity index (χ3v) is 4.89. The van der Waals surface area contributed by atoms with E-state index in [2.05, 4.69) is 5.32 Å². The average molecular weight is 408 g/mol. The van der Waals surface area contributed by atoms with Crippen LogP contribution in [0.25, 0.3) is 0 Å². The van der Waals surface area contributed by atoms with Crippen LogP contribution < -0.4 is 5.32 Å². The molecule has 0 bridgehead atoms. The van der Waals surface area contributed by atoms with Crippen molar-refractivity contribution in [1.29, 1.82) is 0 Å². The van der Waals surface area contributed by atoms with E-state index < -0.39 is 17.9 Å². The summed E-state index contributed by atoms with van der Waals surface area (Å²) in [4.78, 5) is 25.6. The number of rotatable bonds is 7. The first-order valence-corrected chi connectivity index (χ1v) is 9.69.